The van der Waals surface area contributed by atoms with Crippen LogP contribution in [-0.4, -0.2) is 86.3 Å². The lowest BCUT2D eigenvalue weighted by atomic mass is 9.83. The van der Waals surface area contributed by atoms with Crippen molar-refractivity contribution in [1.29, 1.82) is 0 Å². The number of aliphatic carboxylic acids is 1. The number of carbonyl (C=O) groups is 1. The highest BCUT2D eigenvalue weighted by molar-refractivity contribution is 5.87. The molecule has 0 radical (unpaired) electrons. The summed E-state index contributed by atoms with van der Waals surface area (Å²) < 4.78 is 16.3. The molecule has 10 nitrogen and oxygen atoms in total. The summed E-state index contributed by atoms with van der Waals surface area (Å²) in [6, 6.07) is 0. The zero-order valence-electron chi connectivity index (χ0n) is 14.1. The molecule has 6 N–H and O–H groups in total. The minimum Gasteiger partial charge on any atom is -0.478 e. The predicted molar refractivity (Wildman–Crippen MR) is 82.2 cm³/mol. The summed E-state index contributed by atoms with van der Waals surface area (Å²) in [7, 11) is 0. The first-order valence-electron chi connectivity index (χ1n) is 8.49. The van der Waals surface area contributed by atoms with Crippen LogP contribution in [0, 0.1) is 17.8 Å². The van der Waals surface area contributed by atoms with Gasteiger partial charge < -0.3 is 44.8 Å². The number of aliphatic hydroxyl groups excluding tert-OH is 5. The normalized spacial score (nSPS) is 48.5. The van der Waals surface area contributed by atoms with Crippen molar-refractivity contribution in [1.82, 2.24) is 0 Å². The highest BCUT2D eigenvalue weighted by Crippen LogP contribution is 2.47. The minimum atomic E-state index is -1.60. The van der Waals surface area contributed by atoms with Gasteiger partial charge in [0.15, 0.2) is 6.29 Å². The molecule has 10 atom stereocenters. The van der Waals surface area contributed by atoms with Crippen LogP contribution >= 0.6 is 0 Å². The summed E-state index contributed by atoms with van der Waals surface area (Å²) in [5.41, 5.74) is -0.0551. The largest absolute Gasteiger partial charge is 0.478 e. The Labute approximate surface area is 149 Å². The Morgan fingerprint density at radius 3 is 2.50 bits per heavy atom. The van der Waals surface area contributed by atoms with E-state index >= 15 is 0 Å². The smallest absolute Gasteiger partial charge is 0.335 e. The van der Waals surface area contributed by atoms with Crippen LogP contribution in [0.25, 0.3) is 0 Å². The molecule has 0 unspecified atom stereocenters. The Bertz CT molecular complexity index is 563. The van der Waals surface area contributed by atoms with E-state index in [0.717, 1.165) is 6.26 Å². The SMILES string of the molecule is C[C@@H]1C[C@@H](O)[C@@H]2C(C(=O)O)=CO[C@@H](O[C@@H]3O[C@H](CO)[C@@H](O)[C@H](O)[C@H]3O)[C@@H]21. The van der Waals surface area contributed by atoms with Crippen molar-refractivity contribution in [3.05, 3.63) is 11.8 Å². The van der Waals surface area contributed by atoms with Crippen molar-refractivity contribution < 1.29 is 49.6 Å². The van der Waals surface area contributed by atoms with Crippen molar-refractivity contribution in [3.8, 4) is 0 Å². The van der Waals surface area contributed by atoms with Gasteiger partial charge in [-0.1, -0.05) is 6.92 Å². The van der Waals surface area contributed by atoms with Crippen LogP contribution in [0.1, 0.15) is 13.3 Å². The first kappa shape index (κ1) is 19.5. The summed E-state index contributed by atoms with van der Waals surface area (Å²) >= 11 is 0. The van der Waals surface area contributed by atoms with Crippen LogP contribution in [0.2, 0.25) is 0 Å². The number of carboxylic acid groups (broad SMARTS) is 1. The van der Waals surface area contributed by atoms with Gasteiger partial charge in [0.2, 0.25) is 6.29 Å². The van der Waals surface area contributed by atoms with E-state index in [9.17, 15) is 35.4 Å². The molecule has 148 valence electrons. The second kappa shape index (κ2) is 7.39. The molecule has 26 heavy (non-hydrogen) atoms. The van der Waals surface area contributed by atoms with E-state index in [0.29, 0.717) is 6.42 Å². The van der Waals surface area contributed by atoms with Crippen LogP contribution < -0.4 is 0 Å². The average Bonchev–Trinajstić information content (AvgIpc) is 2.90. The highest BCUT2D eigenvalue weighted by atomic mass is 16.8. The van der Waals surface area contributed by atoms with Crippen molar-refractivity contribution in [3.63, 3.8) is 0 Å². The summed E-state index contributed by atoms with van der Waals surface area (Å²) in [4.78, 5) is 11.4. The molecule has 1 saturated heterocycles. The molecular formula is C16H24O10. The van der Waals surface area contributed by atoms with Crippen LogP contribution in [0.5, 0.6) is 0 Å². The number of ether oxygens (including phenoxy) is 3. The molecule has 0 aromatic heterocycles. The number of hydrogen-bond donors (Lipinski definition) is 6. The number of hydrogen-bond acceptors (Lipinski definition) is 9. The standard InChI is InChI=1S/C16H24O10/c1-5-2-7(18)10-6(14(22)23)4-24-15(9(5)10)26-16-13(21)12(20)11(19)8(3-17)25-16/h4-5,7-13,15-21H,2-3H2,1H3,(H,22,23)/t5-,7-,8-,9-,10+,11-,12+,13-,15+,16+/m1/s1. The van der Waals surface area contributed by atoms with Gasteiger partial charge in [0.1, 0.15) is 24.4 Å². The summed E-state index contributed by atoms with van der Waals surface area (Å²) in [6.07, 6.45) is -7.77. The molecule has 1 aliphatic carbocycles. The van der Waals surface area contributed by atoms with Gasteiger partial charge in [-0.15, -0.1) is 0 Å². The fraction of sp³-hybridized carbons (Fsp3) is 0.812. The molecule has 2 fully saturated rings. The lowest BCUT2D eigenvalue weighted by Gasteiger charge is -2.43. The third-order valence-electron chi connectivity index (χ3n) is 5.47. The molecule has 1 saturated carbocycles. The van der Waals surface area contributed by atoms with Crippen molar-refractivity contribution in [2.24, 2.45) is 17.8 Å². The van der Waals surface area contributed by atoms with Gasteiger partial charge in [-0.3, -0.25) is 0 Å². The highest BCUT2D eigenvalue weighted by Gasteiger charge is 2.53. The average molecular weight is 376 g/mol. The molecule has 2 aliphatic heterocycles. The van der Waals surface area contributed by atoms with Gasteiger partial charge in [0, 0.05) is 11.8 Å². The van der Waals surface area contributed by atoms with E-state index in [1.807, 2.05) is 6.92 Å². The number of aliphatic hydroxyl groups is 5. The van der Waals surface area contributed by atoms with E-state index in [1.54, 1.807) is 0 Å². The monoisotopic (exact) mass is 376 g/mol. The van der Waals surface area contributed by atoms with Crippen LogP contribution in [-0.2, 0) is 19.0 Å². The fourth-order valence-electron chi connectivity index (χ4n) is 4.08. The zero-order chi connectivity index (χ0) is 19.2. The Kier molecular flexibility index (Phi) is 5.54. The maximum atomic E-state index is 11.4. The van der Waals surface area contributed by atoms with E-state index in [1.165, 1.54) is 0 Å². The lowest BCUT2D eigenvalue weighted by Crippen LogP contribution is -2.60. The second-order valence-corrected chi connectivity index (χ2v) is 7.10. The van der Waals surface area contributed by atoms with Gasteiger partial charge in [-0.2, -0.15) is 0 Å². The lowest BCUT2D eigenvalue weighted by molar-refractivity contribution is -0.342. The van der Waals surface area contributed by atoms with Gasteiger partial charge in [-0.05, 0) is 12.3 Å². The van der Waals surface area contributed by atoms with E-state index in [2.05, 4.69) is 0 Å². The van der Waals surface area contributed by atoms with Crippen molar-refractivity contribution in [2.75, 3.05) is 6.61 Å². The second-order valence-electron chi connectivity index (χ2n) is 7.10. The minimum absolute atomic E-state index is 0.0551. The van der Waals surface area contributed by atoms with Gasteiger partial charge in [0.25, 0.3) is 0 Å². The first-order valence-corrected chi connectivity index (χ1v) is 8.49. The number of fused-ring (bicyclic) bond motifs is 1. The molecule has 0 amide bonds. The van der Waals surface area contributed by atoms with E-state index < -0.39 is 67.5 Å². The summed E-state index contributed by atoms with van der Waals surface area (Å²) in [5.74, 6) is -2.54. The van der Waals surface area contributed by atoms with Crippen LogP contribution in [0.4, 0.5) is 0 Å². The summed E-state index contributed by atoms with van der Waals surface area (Å²) in [5, 5.41) is 58.6. The molecular weight excluding hydrogens is 352 g/mol. The van der Waals surface area contributed by atoms with E-state index in [4.69, 9.17) is 14.2 Å². The maximum Gasteiger partial charge on any atom is 0.335 e. The predicted octanol–water partition coefficient (Wildman–Crippen LogP) is -2.24. The third-order valence-corrected chi connectivity index (χ3v) is 5.47. The quantitative estimate of drug-likeness (QED) is 0.316. The summed E-state index contributed by atoms with van der Waals surface area (Å²) in [6.45, 7) is 1.23. The fourth-order valence-corrected chi connectivity index (χ4v) is 4.08. The molecule has 10 heteroatoms. The molecule has 0 bridgehead atoms. The topological polar surface area (TPSA) is 166 Å². The molecule has 0 aromatic rings. The molecule has 3 aliphatic rings. The van der Waals surface area contributed by atoms with Crippen molar-refractivity contribution in [2.45, 2.75) is 56.4 Å². The van der Waals surface area contributed by atoms with Gasteiger partial charge in [-0.25, -0.2) is 4.79 Å². The Hall–Kier alpha value is -1.27. The van der Waals surface area contributed by atoms with Gasteiger partial charge in [0.05, 0.1) is 24.5 Å². The third kappa shape index (κ3) is 3.22. The van der Waals surface area contributed by atoms with Crippen LogP contribution in [0.15, 0.2) is 11.8 Å². The molecule has 3 rings (SSSR count). The number of carboxylic acids is 1. The van der Waals surface area contributed by atoms with E-state index in [-0.39, 0.29) is 11.5 Å². The molecule has 0 aromatic carbocycles. The Morgan fingerprint density at radius 2 is 1.88 bits per heavy atom. The molecule has 2 heterocycles. The zero-order valence-corrected chi connectivity index (χ0v) is 14.1. The van der Waals surface area contributed by atoms with Gasteiger partial charge >= 0.3 is 5.97 Å². The molecule has 0 spiro atoms. The first-order chi connectivity index (χ1) is 12.3. The van der Waals surface area contributed by atoms with Crippen molar-refractivity contribution >= 4 is 5.97 Å². The Balaban J connectivity index is 1.80. The Morgan fingerprint density at radius 1 is 1.19 bits per heavy atom. The maximum absolute atomic E-state index is 11.4. The number of rotatable bonds is 4. The van der Waals surface area contributed by atoms with Crippen LogP contribution in [0.3, 0.4) is 0 Å².